The molecule has 0 spiro atoms. The molecular formula is C19H22ClF3N2O3. The fraction of sp³-hybridized carbons (Fsp3) is 0.316. The zero-order chi connectivity index (χ0) is 19.9. The molecule has 154 valence electrons. The first-order valence-electron chi connectivity index (χ1n) is 8.30. The smallest absolute Gasteiger partial charge is 0.416 e. The number of hydrogen-bond acceptors (Lipinski definition) is 4. The highest BCUT2D eigenvalue weighted by Crippen LogP contribution is 2.32. The second-order valence-corrected chi connectivity index (χ2v) is 5.80. The van der Waals surface area contributed by atoms with Gasteiger partial charge in [0.05, 0.1) is 19.3 Å². The minimum absolute atomic E-state index is 0. The lowest BCUT2D eigenvalue weighted by Gasteiger charge is -2.12. The first kappa shape index (κ1) is 23.6. The van der Waals surface area contributed by atoms with Crippen molar-refractivity contribution < 1.29 is 27.4 Å². The van der Waals surface area contributed by atoms with Gasteiger partial charge in [-0.05, 0) is 54.4 Å². The van der Waals surface area contributed by atoms with E-state index in [1.54, 1.807) is 31.4 Å². The molecule has 0 aromatic heterocycles. The zero-order valence-electron chi connectivity index (χ0n) is 15.2. The second-order valence-electron chi connectivity index (χ2n) is 5.80. The third-order valence-corrected chi connectivity index (χ3v) is 3.72. The van der Waals surface area contributed by atoms with Crippen LogP contribution in [0.4, 0.5) is 18.9 Å². The molecular weight excluding hydrogens is 397 g/mol. The van der Waals surface area contributed by atoms with Crippen LogP contribution in [0.2, 0.25) is 0 Å². The van der Waals surface area contributed by atoms with Crippen LogP contribution < -0.4 is 20.5 Å². The maximum absolute atomic E-state index is 12.9. The first-order chi connectivity index (χ1) is 12.8. The molecule has 5 nitrogen and oxygen atoms in total. The van der Waals surface area contributed by atoms with Gasteiger partial charge in [-0.15, -0.1) is 12.4 Å². The third-order valence-electron chi connectivity index (χ3n) is 3.72. The van der Waals surface area contributed by atoms with Crippen molar-refractivity contribution in [3.8, 4) is 11.5 Å². The molecule has 0 fully saturated rings. The number of alkyl halides is 3. The summed E-state index contributed by atoms with van der Waals surface area (Å²) in [7, 11) is 1.56. The Balaban J connectivity index is 0.00000392. The molecule has 0 atom stereocenters. The normalized spacial score (nSPS) is 10.8. The number of nitrogens with one attached hydrogen (secondary N) is 1. The number of benzene rings is 2. The molecule has 2 aromatic carbocycles. The summed E-state index contributed by atoms with van der Waals surface area (Å²) in [5, 5.41) is 2.48. The fourth-order valence-corrected chi connectivity index (χ4v) is 2.36. The molecule has 0 saturated carbocycles. The van der Waals surface area contributed by atoms with Crippen molar-refractivity contribution in [2.75, 3.05) is 19.0 Å². The standard InChI is InChI=1S/C19H21F3N2O3.ClH/c1-26-16-4-6-17(7-5-16)27-8-2-3-18(25)24-15-10-13(12-23)9-14(11-15)19(20,21)22;/h4-7,9-11H,2-3,8,12,23H2,1H3,(H,24,25);1H. The Morgan fingerprint density at radius 2 is 1.75 bits per heavy atom. The van der Waals surface area contributed by atoms with E-state index in [9.17, 15) is 18.0 Å². The number of rotatable bonds is 8. The van der Waals surface area contributed by atoms with E-state index in [2.05, 4.69) is 5.32 Å². The first-order valence-corrected chi connectivity index (χ1v) is 8.30. The molecule has 0 radical (unpaired) electrons. The number of nitrogens with two attached hydrogens (primary N) is 1. The Bertz CT molecular complexity index is 768. The van der Waals surface area contributed by atoms with Gasteiger partial charge in [0.15, 0.2) is 0 Å². The average molecular weight is 419 g/mol. The molecule has 0 aliphatic heterocycles. The molecule has 2 aromatic rings. The van der Waals surface area contributed by atoms with Crippen LogP contribution in [-0.2, 0) is 17.5 Å². The van der Waals surface area contributed by atoms with Crippen molar-refractivity contribution in [3.05, 3.63) is 53.6 Å². The van der Waals surface area contributed by atoms with Gasteiger partial charge < -0.3 is 20.5 Å². The second kappa shape index (κ2) is 10.8. The molecule has 0 aliphatic carbocycles. The van der Waals surface area contributed by atoms with Crippen LogP contribution in [0.25, 0.3) is 0 Å². The summed E-state index contributed by atoms with van der Waals surface area (Å²) in [6.07, 6.45) is -3.97. The highest BCUT2D eigenvalue weighted by molar-refractivity contribution is 5.90. The number of methoxy groups -OCH3 is 1. The van der Waals surface area contributed by atoms with Crippen LogP contribution in [0.5, 0.6) is 11.5 Å². The molecule has 28 heavy (non-hydrogen) atoms. The lowest BCUT2D eigenvalue weighted by Crippen LogP contribution is -2.15. The van der Waals surface area contributed by atoms with Gasteiger partial charge in [0.1, 0.15) is 11.5 Å². The largest absolute Gasteiger partial charge is 0.497 e. The number of halogens is 4. The molecule has 2 rings (SSSR count). The van der Waals surface area contributed by atoms with E-state index in [4.69, 9.17) is 15.2 Å². The number of amides is 1. The summed E-state index contributed by atoms with van der Waals surface area (Å²) in [6.45, 7) is 0.249. The Morgan fingerprint density at radius 3 is 2.32 bits per heavy atom. The Hall–Kier alpha value is -2.45. The summed E-state index contributed by atoms with van der Waals surface area (Å²) >= 11 is 0. The molecule has 3 N–H and O–H groups in total. The summed E-state index contributed by atoms with van der Waals surface area (Å²) in [4.78, 5) is 12.0. The van der Waals surface area contributed by atoms with Crippen molar-refractivity contribution >= 4 is 24.0 Å². The molecule has 0 aliphatic rings. The topological polar surface area (TPSA) is 73.6 Å². The Labute approximate surface area is 167 Å². The number of carbonyl (C=O) groups excluding carboxylic acids is 1. The van der Waals surface area contributed by atoms with E-state index in [0.29, 0.717) is 30.1 Å². The minimum atomic E-state index is -4.50. The van der Waals surface area contributed by atoms with Gasteiger partial charge in [0.25, 0.3) is 0 Å². The van der Waals surface area contributed by atoms with Gasteiger partial charge in [0, 0.05) is 18.7 Å². The van der Waals surface area contributed by atoms with E-state index >= 15 is 0 Å². The van der Waals surface area contributed by atoms with Crippen LogP contribution in [0.3, 0.4) is 0 Å². The number of carbonyl (C=O) groups is 1. The maximum atomic E-state index is 12.9. The quantitative estimate of drug-likeness (QED) is 0.623. The summed E-state index contributed by atoms with van der Waals surface area (Å²) in [5.74, 6) is 0.956. The highest BCUT2D eigenvalue weighted by atomic mass is 35.5. The van der Waals surface area contributed by atoms with Crippen molar-refractivity contribution in [1.29, 1.82) is 0 Å². The van der Waals surface area contributed by atoms with E-state index in [1.165, 1.54) is 6.07 Å². The fourth-order valence-electron chi connectivity index (χ4n) is 2.36. The van der Waals surface area contributed by atoms with Crippen LogP contribution in [-0.4, -0.2) is 19.6 Å². The number of hydrogen-bond donors (Lipinski definition) is 2. The van der Waals surface area contributed by atoms with Crippen LogP contribution in [0.1, 0.15) is 24.0 Å². The van der Waals surface area contributed by atoms with E-state index < -0.39 is 17.6 Å². The van der Waals surface area contributed by atoms with Gasteiger partial charge in [-0.3, -0.25) is 4.79 Å². The maximum Gasteiger partial charge on any atom is 0.416 e. The van der Waals surface area contributed by atoms with Gasteiger partial charge >= 0.3 is 6.18 Å². The molecule has 9 heteroatoms. The summed E-state index contributed by atoms with van der Waals surface area (Å²) < 4.78 is 49.3. The van der Waals surface area contributed by atoms with Crippen molar-refractivity contribution in [1.82, 2.24) is 0 Å². The Morgan fingerprint density at radius 1 is 1.11 bits per heavy atom. The third kappa shape index (κ3) is 7.28. The van der Waals surface area contributed by atoms with Gasteiger partial charge in [0.2, 0.25) is 5.91 Å². The highest BCUT2D eigenvalue weighted by Gasteiger charge is 2.31. The molecule has 0 heterocycles. The predicted molar refractivity (Wildman–Crippen MR) is 103 cm³/mol. The zero-order valence-corrected chi connectivity index (χ0v) is 16.0. The van der Waals surface area contributed by atoms with Gasteiger partial charge in [-0.25, -0.2) is 0 Å². The van der Waals surface area contributed by atoms with Crippen molar-refractivity contribution in [3.63, 3.8) is 0 Å². The van der Waals surface area contributed by atoms with Crippen LogP contribution in [0, 0.1) is 0 Å². The SMILES string of the molecule is COc1ccc(OCCCC(=O)Nc2cc(CN)cc(C(F)(F)F)c2)cc1.Cl. The monoisotopic (exact) mass is 418 g/mol. The summed E-state index contributed by atoms with van der Waals surface area (Å²) in [5.41, 5.74) is 4.95. The molecule has 0 unspecified atom stereocenters. The van der Waals surface area contributed by atoms with E-state index in [-0.39, 0.29) is 31.1 Å². The molecule has 1 amide bonds. The van der Waals surface area contributed by atoms with Crippen molar-refractivity contribution in [2.45, 2.75) is 25.6 Å². The van der Waals surface area contributed by atoms with Crippen LogP contribution >= 0.6 is 12.4 Å². The van der Waals surface area contributed by atoms with E-state index in [1.807, 2.05) is 0 Å². The molecule has 0 saturated heterocycles. The van der Waals surface area contributed by atoms with Gasteiger partial charge in [-0.2, -0.15) is 13.2 Å². The number of anilines is 1. The lowest BCUT2D eigenvalue weighted by molar-refractivity contribution is -0.137. The average Bonchev–Trinajstić information content (AvgIpc) is 2.64. The van der Waals surface area contributed by atoms with Crippen LogP contribution in [0.15, 0.2) is 42.5 Å². The summed E-state index contributed by atoms with van der Waals surface area (Å²) in [6, 6.07) is 10.3. The Kier molecular flexibility index (Phi) is 9.08. The predicted octanol–water partition coefficient (Wildman–Crippen LogP) is 4.39. The number of ether oxygens (including phenoxy) is 2. The minimum Gasteiger partial charge on any atom is -0.497 e. The lowest BCUT2D eigenvalue weighted by atomic mass is 10.1. The molecule has 0 bridgehead atoms. The van der Waals surface area contributed by atoms with Crippen molar-refractivity contribution in [2.24, 2.45) is 5.73 Å². The van der Waals surface area contributed by atoms with E-state index in [0.717, 1.165) is 12.1 Å². The van der Waals surface area contributed by atoms with Gasteiger partial charge in [-0.1, -0.05) is 0 Å².